The van der Waals surface area contributed by atoms with Crippen LogP contribution in [0.4, 0.5) is 5.69 Å². The SMILES string of the molecule is COc1cc(Cl)c(NC(=O)Cn2c(=O)oc3ccccc32)cc1OC. The first kappa shape index (κ1) is 16.9. The summed E-state index contributed by atoms with van der Waals surface area (Å²) >= 11 is 6.15. The number of carbonyl (C=O) groups excluding carboxylic acids is 1. The number of nitrogens with one attached hydrogen (secondary N) is 1. The molecule has 0 bridgehead atoms. The molecule has 1 heterocycles. The fourth-order valence-corrected chi connectivity index (χ4v) is 2.65. The molecule has 0 aliphatic carbocycles. The minimum atomic E-state index is -0.602. The van der Waals surface area contributed by atoms with Crippen LogP contribution in [0, 0.1) is 0 Å². The van der Waals surface area contributed by atoms with Crippen molar-refractivity contribution >= 4 is 34.3 Å². The van der Waals surface area contributed by atoms with Crippen LogP contribution >= 0.6 is 11.6 Å². The zero-order chi connectivity index (χ0) is 18.0. The number of hydrogen-bond donors (Lipinski definition) is 1. The van der Waals surface area contributed by atoms with E-state index >= 15 is 0 Å². The van der Waals surface area contributed by atoms with Crippen molar-refractivity contribution in [2.45, 2.75) is 6.54 Å². The van der Waals surface area contributed by atoms with Crippen LogP contribution in [0.3, 0.4) is 0 Å². The van der Waals surface area contributed by atoms with E-state index in [1.54, 1.807) is 30.3 Å². The monoisotopic (exact) mass is 362 g/mol. The number of rotatable bonds is 5. The van der Waals surface area contributed by atoms with Crippen LogP contribution in [0.5, 0.6) is 11.5 Å². The molecule has 2 aromatic carbocycles. The summed E-state index contributed by atoms with van der Waals surface area (Å²) in [6, 6.07) is 9.97. The predicted octanol–water partition coefficient (Wildman–Crippen LogP) is 2.90. The van der Waals surface area contributed by atoms with E-state index in [0.29, 0.717) is 28.3 Å². The quantitative estimate of drug-likeness (QED) is 0.754. The molecular weight excluding hydrogens is 348 g/mol. The van der Waals surface area contributed by atoms with Crippen LogP contribution in [0.1, 0.15) is 0 Å². The average molecular weight is 363 g/mol. The van der Waals surface area contributed by atoms with E-state index in [1.165, 1.54) is 24.9 Å². The van der Waals surface area contributed by atoms with E-state index in [2.05, 4.69) is 5.32 Å². The van der Waals surface area contributed by atoms with E-state index in [-0.39, 0.29) is 11.6 Å². The molecule has 0 aliphatic heterocycles. The third kappa shape index (κ3) is 3.32. The van der Waals surface area contributed by atoms with Gasteiger partial charge in [-0.15, -0.1) is 0 Å². The number of benzene rings is 2. The number of anilines is 1. The lowest BCUT2D eigenvalue weighted by atomic mass is 10.2. The minimum Gasteiger partial charge on any atom is -0.493 e. The predicted molar refractivity (Wildman–Crippen MR) is 93.7 cm³/mol. The number of carbonyl (C=O) groups is 1. The molecule has 0 radical (unpaired) electrons. The summed E-state index contributed by atoms with van der Waals surface area (Å²) in [4.78, 5) is 24.3. The highest BCUT2D eigenvalue weighted by molar-refractivity contribution is 6.34. The summed E-state index contributed by atoms with van der Waals surface area (Å²) in [6.07, 6.45) is 0. The van der Waals surface area contributed by atoms with Crippen molar-refractivity contribution in [2.24, 2.45) is 0 Å². The van der Waals surface area contributed by atoms with Gasteiger partial charge in [-0.2, -0.15) is 0 Å². The summed E-state index contributed by atoms with van der Waals surface area (Å²) in [5.74, 6) is -0.159. The first-order valence-corrected chi connectivity index (χ1v) is 7.71. The number of fused-ring (bicyclic) bond motifs is 1. The van der Waals surface area contributed by atoms with Gasteiger partial charge < -0.3 is 19.2 Å². The van der Waals surface area contributed by atoms with Gasteiger partial charge in [-0.3, -0.25) is 9.36 Å². The standard InChI is InChI=1S/C17H15ClN2O5/c1-23-14-7-10(18)11(8-15(14)24-2)19-16(21)9-20-12-5-3-4-6-13(12)25-17(20)22/h3-8H,9H2,1-2H3,(H,19,21). The van der Waals surface area contributed by atoms with Gasteiger partial charge in [-0.25, -0.2) is 4.79 Å². The summed E-state index contributed by atoms with van der Waals surface area (Å²) < 4.78 is 16.7. The van der Waals surface area contributed by atoms with Crippen molar-refractivity contribution in [3.05, 3.63) is 52.0 Å². The zero-order valence-electron chi connectivity index (χ0n) is 13.5. The number of ether oxygens (including phenoxy) is 2. The van der Waals surface area contributed by atoms with Crippen LogP contribution in [0.2, 0.25) is 5.02 Å². The molecule has 8 heteroatoms. The van der Waals surface area contributed by atoms with Crippen molar-refractivity contribution in [3.63, 3.8) is 0 Å². The van der Waals surface area contributed by atoms with Crippen molar-refractivity contribution in [3.8, 4) is 11.5 Å². The summed E-state index contributed by atoms with van der Waals surface area (Å²) in [6.45, 7) is -0.208. The molecule has 3 rings (SSSR count). The van der Waals surface area contributed by atoms with Crippen LogP contribution in [0.25, 0.3) is 11.1 Å². The first-order chi connectivity index (χ1) is 12.0. The fourth-order valence-electron chi connectivity index (χ4n) is 2.45. The van der Waals surface area contributed by atoms with Gasteiger partial charge in [-0.1, -0.05) is 23.7 Å². The Morgan fingerprint density at radius 3 is 2.60 bits per heavy atom. The van der Waals surface area contributed by atoms with Crippen LogP contribution in [-0.2, 0) is 11.3 Å². The molecule has 0 spiro atoms. The number of aromatic nitrogens is 1. The van der Waals surface area contributed by atoms with Crippen molar-refractivity contribution in [1.82, 2.24) is 4.57 Å². The summed E-state index contributed by atoms with van der Waals surface area (Å²) in [5, 5.41) is 2.95. The Balaban J connectivity index is 1.85. The molecule has 0 saturated carbocycles. The zero-order valence-corrected chi connectivity index (χ0v) is 14.3. The molecule has 25 heavy (non-hydrogen) atoms. The van der Waals surface area contributed by atoms with Gasteiger partial charge in [-0.05, 0) is 12.1 Å². The number of oxazole rings is 1. The molecule has 130 valence electrons. The lowest BCUT2D eigenvalue weighted by Crippen LogP contribution is -2.24. The fraction of sp³-hybridized carbons (Fsp3) is 0.176. The lowest BCUT2D eigenvalue weighted by Gasteiger charge is -2.12. The lowest BCUT2D eigenvalue weighted by molar-refractivity contribution is -0.116. The number of para-hydroxylation sites is 2. The van der Waals surface area contributed by atoms with Crippen molar-refractivity contribution in [2.75, 3.05) is 19.5 Å². The Kier molecular flexibility index (Phi) is 4.67. The number of amides is 1. The maximum Gasteiger partial charge on any atom is 0.420 e. The molecule has 3 aromatic rings. The molecule has 1 N–H and O–H groups in total. The summed E-state index contributed by atoms with van der Waals surface area (Å²) in [7, 11) is 2.97. The van der Waals surface area contributed by atoms with E-state index in [1.807, 2.05) is 0 Å². The highest BCUT2D eigenvalue weighted by Gasteiger charge is 2.15. The van der Waals surface area contributed by atoms with Crippen LogP contribution in [-0.4, -0.2) is 24.7 Å². The van der Waals surface area contributed by atoms with Crippen LogP contribution in [0.15, 0.2) is 45.6 Å². The Morgan fingerprint density at radius 2 is 1.88 bits per heavy atom. The first-order valence-electron chi connectivity index (χ1n) is 7.33. The Labute approximate surface area is 147 Å². The van der Waals surface area contributed by atoms with Gasteiger partial charge in [0.05, 0.1) is 30.4 Å². The molecule has 1 aromatic heterocycles. The Hall–Kier alpha value is -2.93. The number of halogens is 1. The van der Waals surface area contributed by atoms with Gasteiger partial charge in [0, 0.05) is 12.1 Å². The number of nitrogens with zero attached hydrogens (tertiary/aromatic N) is 1. The second-order valence-electron chi connectivity index (χ2n) is 5.16. The highest BCUT2D eigenvalue weighted by atomic mass is 35.5. The van der Waals surface area contributed by atoms with Gasteiger partial charge in [0.15, 0.2) is 17.1 Å². The van der Waals surface area contributed by atoms with E-state index < -0.39 is 11.7 Å². The molecule has 0 saturated heterocycles. The van der Waals surface area contributed by atoms with Gasteiger partial charge in [0.2, 0.25) is 5.91 Å². The largest absolute Gasteiger partial charge is 0.493 e. The maximum absolute atomic E-state index is 12.3. The topological polar surface area (TPSA) is 82.7 Å². The maximum atomic E-state index is 12.3. The second-order valence-corrected chi connectivity index (χ2v) is 5.56. The van der Waals surface area contributed by atoms with Crippen molar-refractivity contribution < 1.29 is 18.7 Å². The summed E-state index contributed by atoms with van der Waals surface area (Å²) in [5.41, 5.74) is 1.32. The van der Waals surface area contributed by atoms with Gasteiger partial charge in [0.1, 0.15) is 6.54 Å². The van der Waals surface area contributed by atoms with Gasteiger partial charge in [0.25, 0.3) is 0 Å². The third-order valence-corrected chi connectivity index (χ3v) is 3.94. The molecule has 0 aliphatic rings. The minimum absolute atomic E-state index is 0.208. The second kappa shape index (κ2) is 6.90. The highest BCUT2D eigenvalue weighted by Crippen LogP contribution is 2.36. The smallest absolute Gasteiger partial charge is 0.420 e. The number of hydrogen-bond acceptors (Lipinski definition) is 5. The molecule has 1 amide bonds. The van der Waals surface area contributed by atoms with E-state index in [4.69, 9.17) is 25.5 Å². The number of methoxy groups -OCH3 is 2. The molecule has 0 fully saturated rings. The Morgan fingerprint density at radius 1 is 1.20 bits per heavy atom. The van der Waals surface area contributed by atoms with Crippen molar-refractivity contribution in [1.29, 1.82) is 0 Å². The normalized spacial score (nSPS) is 10.7. The molecular formula is C17H15ClN2O5. The van der Waals surface area contributed by atoms with E-state index in [0.717, 1.165) is 0 Å². The van der Waals surface area contributed by atoms with Gasteiger partial charge >= 0.3 is 5.76 Å². The average Bonchev–Trinajstić information content (AvgIpc) is 2.92. The molecule has 7 nitrogen and oxygen atoms in total. The van der Waals surface area contributed by atoms with Crippen LogP contribution < -0.4 is 20.5 Å². The molecule has 0 atom stereocenters. The molecule has 0 unspecified atom stereocenters. The Bertz CT molecular complexity index is 992. The third-order valence-electron chi connectivity index (χ3n) is 3.62. The van der Waals surface area contributed by atoms with E-state index in [9.17, 15) is 9.59 Å².